The third kappa shape index (κ3) is 5.07. The smallest absolute Gasteiger partial charge is 0.354 e. The molecule has 3 aromatic heterocycles. The summed E-state index contributed by atoms with van der Waals surface area (Å²) in [5.41, 5.74) is 5.39. The first-order valence-corrected chi connectivity index (χ1v) is 13.0. The predicted molar refractivity (Wildman–Crippen MR) is 145 cm³/mol. The lowest BCUT2D eigenvalue weighted by molar-refractivity contribution is 0.0516. The number of fused-ring (bicyclic) bond motifs is 2. The van der Waals surface area contributed by atoms with E-state index in [0.717, 1.165) is 51.7 Å². The van der Waals surface area contributed by atoms with Crippen molar-refractivity contribution >= 4 is 33.5 Å². The summed E-state index contributed by atoms with van der Waals surface area (Å²) in [7, 11) is 1.89. The van der Waals surface area contributed by atoms with Crippen LogP contribution in [0.5, 0.6) is 0 Å². The molecule has 7 heteroatoms. The highest BCUT2D eigenvalue weighted by Crippen LogP contribution is 2.31. The van der Waals surface area contributed by atoms with Crippen LogP contribution in [0.15, 0.2) is 48.8 Å². The second-order valence-electron chi connectivity index (χ2n) is 9.77. The maximum Gasteiger partial charge on any atom is 0.354 e. The minimum atomic E-state index is -0.306. The Morgan fingerprint density at radius 3 is 2.78 bits per heavy atom. The van der Waals surface area contributed by atoms with Crippen molar-refractivity contribution in [1.29, 1.82) is 0 Å². The Kier molecular flexibility index (Phi) is 7.18. The number of benzene rings is 1. The van der Waals surface area contributed by atoms with Gasteiger partial charge in [0.2, 0.25) is 0 Å². The van der Waals surface area contributed by atoms with Crippen molar-refractivity contribution < 1.29 is 9.53 Å². The SMILES string of the molecule is CCOC(=O)c1cc2cc(-c3cc(NC(C)CCN4CCCCC4)c4cnccc4n3)ccc2n1C. The molecule has 188 valence electrons. The molecule has 0 spiro atoms. The van der Waals surface area contributed by atoms with Crippen LogP contribution in [0.3, 0.4) is 0 Å². The van der Waals surface area contributed by atoms with Gasteiger partial charge in [-0.1, -0.05) is 12.5 Å². The largest absolute Gasteiger partial charge is 0.461 e. The van der Waals surface area contributed by atoms with Gasteiger partial charge in [0.25, 0.3) is 0 Å². The van der Waals surface area contributed by atoms with Crippen molar-refractivity contribution in [3.63, 3.8) is 0 Å². The summed E-state index contributed by atoms with van der Waals surface area (Å²) in [5.74, 6) is -0.306. The number of ether oxygens (including phenoxy) is 1. The molecule has 1 unspecified atom stereocenters. The third-order valence-electron chi connectivity index (χ3n) is 7.16. The van der Waals surface area contributed by atoms with Gasteiger partial charge in [-0.25, -0.2) is 9.78 Å². The molecule has 0 amide bonds. The number of hydrogen-bond donors (Lipinski definition) is 1. The molecule has 7 nitrogen and oxygen atoms in total. The number of rotatable bonds is 8. The zero-order chi connectivity index (χ0) is 25.1. The van der Waals surface area contributed by atoms with Gasteiger partial charge in [-0.05, 0) is 76.5 Å². The number of aromatic nitrogens is 3. The first-order valence-electron chi connectivity index (χ1n) is 13.0. The number of aryl methyl sites for hydroxylation is 1. The lowest BCUT2D eigenvalue weighted by atomic mass is 10.1. The second kappa shape index (κ2) is 10.7. The van der Waals surface area contributed by atoms with Gasteiger partial charge in [-0.3, -0.25) is 4.98 Å². The quantitative estimate of drug-likeness (QED) is 0.326. The Labute approximate surface area is 212 Å². The lowest BCUT2D eigenvalue weighted by Crippen LogP contribution is -2.33. The van der Waals surface area contributed by atoms with Crippen molar-refractivity contribution in [3.8, 4) is 11.3 Å². The van der Waals surface area contributed by atoms with Gasteiger partial charge < -0.3 is 19.5 Å². The number of nitrogens with one attached hydrogen (secondary N) is 1. The predicted octanol–water partition coefficient (Wildman–Crippen LogP) is 5.64. The molecule has 4 heterocycles. The maximum atomic E-state index is 12.4. The van der Waals surface area contributed by atoms with Gasteiger partial charge >= 0.3 is 5.97 Å². The number of piperidine rings is 1. The van der Waals surface area contributed by atoms with E-state index in [1.165, 1.54) is 32.4 Å². The highest BCUT2D eigenvalue weighted by molar-refractivity contribution is 5.98. The van der Waals surface area contributed by atoms with E-state index in [0.29, 0.717) is 18.3 Å². The summed E-state index contributed by atoms with van der Waals surface area (Å²) in [5, 5.41) is 5.75. The summed E-state index contributed by atoms with van der Waals surface area (Å²) in [6.07, 6.45) is 8.76. The number of carbonyl (C=O) groups is 1. The Morgan fingerprint density at radius 1 is 1.14 bits per heavy atom. The van der Waals surface area contributed by atoms with Gasteiger partial charge in [0, 0.05) is 59.6 Å². The second-order valence-corrected chi connectivity index (χ2v) is 9.77. The van der Waals surface area contributed by atoms with Crippen molar-refractivity contribution in [2.75, 3.05) is 31.6 Å². The lowest BCUT2D eigenvalue weighted by Gasteiger charge is -2.28. The van der Waals surface area contributed by atoms with E-state index in [2.05, 4.69) is 40.3 Å². The van der Waals surface area contributed by atoms with Gasteiger partial charge in [0.05, 0.1) is 17.8 Å². The minimum Gasteiger partial charge on any atom is -0.461 e. The number of hydrogen-bond acceptors (Lipinski definition) is 6. The van der Waals surface area contributed by atoms with Crippen LogP contribution < -0.4 is 5.32 Å². The van der Waals surface area contributed by atoms with E-state index in [4.69, 9.17) is 9.72 Å². The highest BCUT2D eigenvalue weighted by atomic mass is 16.5. The molecule has 1 aliphatic rings. The van der Waals surface area contributed by atoms with Crippen molar-refractivity contribution in [1.82, 2.24) is 19.4 Å². The number of pyridine rings is 2. The number of anilines is 1. The van der Waals surface area contributed by atoms with Crippen LogP contribution in [0.25, 0.3) is 33.1 Å². The Hall–Kier alpha value is -3.45. The average molecular weight is 486 g/mol. The molecule has 36 heavy (non-hydrogen) atoms. The third-order valence-corrected chi connectivity index (χ3v) is 7.16. The molecule has 0 bridgehead atoms. The Morgan fingerprint density at radius 2 is 1.97 bits per heavy atom. The fraction of sp³-hybridized carbons (Fsp3) is 0.414. The molecular weight excluding hydrogens is 450 g/mol. The van der Waals surface area contributed by atoms with Crippen LogP contribution in [-0.4, -0.2) is 57.7 Å². The molecule has 0 saturated carbocycles. The summed E-state index contributed by atoms with van der Waals surface area (Å²) in [6, 6.07) is 12.5. The molecule has 1 aromatic carbocycles. The molecule has 1 aliphatic heterocycles. The molecule has 1 atom stereocenters. The molecular formula is C29H35N5O2. The van der Waals surface area contributed by atoms with Gasteiger partial charge in [0.15, 0.2) is 0 Å². The van der Waals surface area contributed by atoms with Crippen molar-refractivity contribution in [2.24, 2.45) is 7.05 Å². The van der Waals surface area contributed by atoms with Crippen molar-refractivity contribution in [2.45, 2.75) is 45.6 Å². The number of carbonyl (C=O) groups excluding carboxylic acids is 1. The van der Waals surface area contributed by atoms with Crippen molar-refractivity contribution in [3.05, 3.63) is 54.5 Å². The van der Waals surface area contributed by atoms with E-state index in [-0.39, 0.29) is 5.97 Å². The van der Waals surface area contributed by atoms with E-state index >= 15 is 0 Å². The first kappa shape index (κ1) is 24.3. The number of esters is 1. The van der Waals surface area contributed by atoms with E-state index in [9.17, 15) is 4.79 Å². The fourth-order valence-corrected chi connectivity index (χ4v) is 5.14. The van der Waals surface area contributed by atoms with Gasteiger partial charge in [-0.15, -0.1) is 0 Å². The van der Waals surface area contributed by atoms with Crippen LogP contribution in [-0.2, 0) is 11.8 Å². The summed E-state index contributed by atoms with van der Waals surface area (Å²) < 4.78 is 7.11. The molecule has 5 rings (SSSR count). The van der Waals surface area contributed by atoms with Gasteiger partial charge in [0.1, 0.15) is 5.69 Å². The summed E-state index contributed by atoms with van der Waals surface area (Å²) in [4.78, 5) is 24.2. The fourth-order valence-electron chi connectivity index (χ4n) is 5.14. The normalized spacial score (nSPS) is 15.3. The van der Waals surface area contributed by atoms with E-state index in [1.807, 2.05) is 42.9 Å². The zero-order valence-electron chi connectivity index (χ0n) is 21.5. The molecule has 1 fully saturated rings. The number of nitrogens with zero attached hydrogens (tertiary/aromatic N) is 4. The Bertz CT molecular complexity index is 1370. The van der Waals surface area contributed by atoms with E-state index in [1.54, 1.807) is 6.20 Å². The topological polar surface area (TPSA) is 72.3 Å². The van der Waals surface area contributed by atoms with E-state index < -0.39 is 0 Å². The standard InChI is InChI=1S/C29H35N5O2/c1-4-36-29(35)28-17-22-16-21(8-9-27(22)33(28)3)25-18-26(23-19-30-12-10-24(23)32-25)31-20(2)11-15-34-13-6-5-7-14-34/h8-10,12,16-20H,4-7,11,13-15H2,1-3H3,(H,31,32). The zero-order valence-corrected chi connectivity index (χ0v) is 21.5. The molecule has 0 radical (unpaired) electrons. The summed E-state index contributed by atoms with van der Waals surface area (Å²) >= 11 is 0. The van der Waals surface area contributed by atoms with Crippen LogP contribution in [0, 0.1) is 0 Å². The van der Waals surface area contributed by atoms with Crippen LogP contribution in [0.2, 0.25) is 0 Å². The highest BCUT2D eigenvalue weighted by Gasteiger charge is 2.17. The molecule has 4 aromatic rings. The van der Waals surface area contributed by atoms with Crippen LogP contribution in [0.1, 0.15) is 50.0 Å². The molecule has 1 saturated heterocycles. The van der Waals surface area contributed by atoms with Crippen LogP contribution >= 0.6 is 0 Å². The minimum absolute atomic E-state index is 0.306. The van der Waals surface area contributed by atoms with Gasteiger partial charge in [-0.2, -0.15) is 0 Å². The molecule has 0 aliphatic carbocycles. The van der Waals surface area contributed by atoms with Crippen LogP contribution in [0.4, 0.5) is 5.69 Å². The maximum absolute atomic E-state index is 12.4. The molecule has 1 N–H and O–H groups in total. The first-order chi connectivity index (χ1) is 17.5. The average Bonchev–Trinajstić information content (AvgIpc) is 3.24. The Balaban J connectivity index is 1.44. The number of likely N-dealkylation sites (tertiary alicyclic amines) is 1. The summed E-state index contributed by atoms with van der Waals surface area (Å²) in [6.45, 7) is 7.99. The monoisotopic (exact) mass is 485 g/mol.